The van der Waals surface area contributed by atoms with Crippen molar-refractivity contribution in [3.8, 4) is 0 Å². The van der Waals surface area contributed by atoms with Gasteiger partial charge < -0.3 is 10.2 Å². The van der Waals surface area contributed by atoms with E-state index in [4.69, 9.17) is 11.6 Å². The van der Waals surface area contributed by atoms with E-state index in [1.807, 2.05) is 60.7 Å². The van der Waals surface area contributed by atoms with Crippen LogP contribution in [0.25, 0.3) is 6.08 Å². The maximum Gasteiger partial charge on any atom is 0.141 e. The molecule has 1 aliphatic heterocycles. The van der Waals surface area contributed by atoms with Crippen molar-refractivity contribution in [3.63, 3.8) is 0 Å². The van der Waals surface area contributed by atoms with E-state index < -0.39 is 11.8 Å². The second-order valence-electron chi connectivity index (χ2n) is 6.32. The Morgan fingerprint density at radius 3 is 2.54 bits per heavy atom. The van der Waals surface area contributed by atoms with Crippen LogP contribution in [0.4, 0.5) is 0 Å². The molecule has 2 aromatic rings. The Morgan fingerprint density at radius 2 is 1.88 bits per heavy atom. The highest BCUT2D eigenvalue weighted by molar-refractivity contribution is 6.30. The number of benzene rings is 2. The van der Waals surface area contributed by atoms with E-state index in [1.54, 1.807) is 0 Å². The molecule has 0 amide bonds. The fourth-order valence-electron chi connectivity index (χ4n) is 3.10. The van der Waals surface area contributed by atoms with E-state index in [1.165, 1.54) is 0 Å². The Morgan fingerprint density at radius 1 is 1.17 bits per heavy atom. The van der Waals surface area contributed by atoms with Gasteiger partial charge in [-0.2, -0.15) is 0 Å². The van der Waals surface area contributed by atoms with Gasteiger partial charge >= 0.3 is 0 Å². The van der Waals surface area contributed by atoms with Crippen molar-refractivity contribution in [3.05, 3.63) is 76.3 Å². The van der Waals surface area contributed by atoms with Crippen molar-refractivity contribution in [2.24, 2.45) is 0 Å². The standard InChI is InChI=1S/C20H22ClNO2/c21-18-8-6-16(7-9-18)13-17(12-15-4-2-1-3-5-15)20(24)14-19(23)10-11-22-20/h1-9,13,19,22-24H,10-12,14H2/b17-13+. The van der Waals surface area contributed by atoms with Crippen LogP contribution in [0.3, 0.4) is 0 Å². The maximum absolute atomic E-state index is 11.1. The second-order valence-corrected chi connectivity index (χ2v) is 6.75. The van der Waals surface area contributed by atoms with Crippen LogP contribution >= 0.6 is 11.6 Å². The van der Waals surface area contributed by atoms with Gasteiger partial charge in [0, 0.05) is 18.0 Å². The van der Waals surface area contributed by atoms with Gasteiger partial charge in [0.25, 0.3) is 0 Å². The lowest BCUT2D eigenvalue weighted by molar-refractivity contribution is -0.0355. The largest absolute Gasteiger partial charge is 0.393 e. The summed E-state index contributed by atoms with van der Waals surface area (Å²) in [7, 11) is 0. The van der Waals surface area contributed by atoms with Crippen molar-refractivity contribution >= 4 is 17.7 Å². The molecule has 1 aliphatic rings. The summed E-state index contributed by atoms with van der Waals surface area (Å²) in [5, 5.41) is 25.0. The van der Waals surface area contributed by atoms with E-state index in [2.05, 4.69) is 5.32 Å². The molecule has 2 aromatic carbocycles. The van der Waals surface area contributed by atoms with Crippen LogP contribution in [-0.2, 0) is 6.42 Å². The smallest absolute Gasteiger partial charge is 0.141 e. The predicted octanol–water partition coefficient (Wildman–Crippen LogP) is 3.40. The van der Waals surface area contributed by atoms with Crippen molar-refractivity contribution in [1.82, 2.24) is 5.32 Å². The number of hydrogen-bond donors (Lipinski definition) is 3. The molecule has 1 fully saturated rings. The third-order valence-corrected chi connectivity index (χ3v) is 4.66. The molecule has 0 aromatic heterocycles. The van der Waals surface area contributed by atoms with Gasteiger partial charge in [-0.1, -0.05) is 60.1 Å². The first-order chi connectivity index (χ1) is 11.5. The Kier molecular flexibility index (Phi) is 5.36. The summed E-state index contributed by atoms with van der Waals surface area (Å²) < 4.78 is 0. The van der Waals surface area contributed by atoms with Gasteiger partial charge in [-0.15, -0.1) is 0 Å². The Bertz CT molecular complexity index is 699. The number of rotatable bonds is 4. The zero-order valence-electron chi connectivity index (χ0n) is 13.5. The van der Waals surface area contributed by atoms with Gasteiger partial charge in [-0.25, -0.2) is 0 Å². The molecule has 3 rings (SSSR count). The number of aliphatic hydroxyl groups is 2. The molecule has 0 radical (unpaired) electrons. The maximum atomic E-state index is 11.1. The summed E-state index contributed by atoms with van der Waals surface area (Å²) in [6.07, 6.45) is 3.04. The lowest BCUT2D eigenvalue weighted by Gasteiger charge is -2.38. The molecular weight excluding hydrogens is 322 g/mol. The highest BCUT2D eigenvalue weighted by Crippen LogP contribution is 2.29. The SMILES string of the molecule is OC1CCNC(O)(/C(=C/c2ccc(Cl)cc2)Cc2ccccc2)C1. The average Bonchev–Trinajstić information content (AvgIpc) is 2.57. The van der Waals surface area contributed by atoms with E-state index in [-0.39, 0.29) is 0 Å². The van der Waals surface area contributed by atoms with Crippen LogP contribution in [0, 0.1) is 0 Å². The summed E-state index contributed by atoms with van der Waals surface area (Å²) in [6.45, 7) is 0.588. The van der Waals surface area contributed by atoms with E-state index >= 15 is 0 Å². The number of nitrogens with one attached hydrogen (secondary N) is 1. The summed E-state index contributed by atoms with van der Waals surface area (Å²) >= 11 is 5.96. The Hall–Kier alpha value is -1.65. The van der Waals surface area contributed by atoms with Crippen LogP contribution in [0.5, 0.6) is 0 Å². The molecule has 2 atom stereocenters. The van der Waals surface area contributed by atoms with Gasteiger partial charge in [-0.05, 0) is 41.7 Å². The summed E-state index contributed by atoms with van der Waals surface area (Å²) in [5.74, 6) is 0. The van der Waals surface area contributed by atoms with Crippen molar-refractivity contribution in [2.45, 2.75) is 31.1 Å². The van der Waals surface area contributed by atoms with Gasteiger partial charge in [0.1, 0.15) is 5.72 Å². The second kappa shape index (κ2) is 7.49. The average molecular weight is 344 g/mol. The summed E-state index contributed by atoms with van der Waals surface area (Å²) in [5.41, 5.74) is 1.73. The zero-order valence-corrected chi connectivity index (χ0v) is 14.2. The topological polar surface area (TPSA) is 52.5 Å². The first-order valence-corrected chi connectivity index (χ1v) is 8.59. The minimum absolute atomic E-state index is 0.291. The summed E-state index contributed by atoms with van der Waals surface area (Å²) in [6, 6.07) is 17.6. The number of hydrogen-bond acceptors (Lipinski definition) is 3. The highest BCUT2D eigenvalue weighted by Gasteiger charge is 2.36. The number of halogens is 1. The molecule has 3 nitrogen and oxygen atoms in total. The van der Waals surface area contributed by atoms with Gasteiger partial charge in [0.15, 0.2) is 0 Å². The molecule has 1 heterocycles. The molecule has 126 valence electrons. The minimum atomic E-state index is -1.20. The van der Waals surface area contributed by atoms with E-state index in [0.29, 0.717) is 30.8 Å². The van der Waals surface area contributed by atoms with Crippen LogP contribution in [-0.4, -0.2) is 28.6 Å². The lowest BCUT2D eigenvalue weighted by Crippen LogP contribution is -2.54. The van der Waals surface area contributed by atoms with Gasteiger partial charge in [0.05, 0.1) is 6.10 Å². The predicted molar refractivity (Wildman–Crippen MR) is 97.8 cm³/mol. The van der Waals surface area contributed by atoms with Crippen molar-refractivity contribution in [2.75, 3.05) is 6.54 Å². The molecule has 1 saturated heterocycles. The van der Waals surface area contributed by atoms with Crippen LogP contribution in [0.1, 0.15) is 24.0 Å². The minimum Gasteiger partial charge on any atom is -0.393 e. The van der Waals surface area contributed by atoms with Gasteiger partial charge in [-0.3, -0.25) is 5.32 Å². The zero-order chi connectivity index (χ0) is 17.0. The van der Waals surface area contributed by atoms with Crippen molar-refractivity contribution < 1.29 is 10.2 Å². The van der Waals surface area contributed by atoms with E-state index in [0.717, 1.165) is 16.7 Å². The Labute approximate surface area is 147 Å². The normalized spacial score (nSPS) is 24.8. The molecule has 0 spiro atoms. The monoisotopic (exact) mass is 343 g/mol. The molecule has 0 aliphatic carbocycles. The van der Waals surface area contributed by atoms with Crippen LogP contribution < -0.4 is 5.32 Å². The molecular formula is C20H22ClNO2. The quantitative estimate of drug-likeness (QED) is 0.797. The Balaban J connectivity index is 1.95. The fourth-order valence-corrected chi connectivity index (χ4v) is 3.22. The van der Waals surface area contributed by atoms with Crippen LogP contribution in [0.15, 0.2) is 60.2 Å². The van der Waals surface area contributed by atoms with E-state index in [9.17, 15) is 10.2 Å². The first-order valence-electron chi connectivity index (χ1n) is 8.21. The molecule has 3 N–H and O–H groups in total. The molecule has 2 unspecified atom stereocenters. The number of piperidine rings is 1. The molecule has 24 heavy (non-hydrogen) atoms. The van der Waals surface area contributed by atoms with Gasteiger partial charge in [0.2, 0.25) is 0 Å². The van der Waals surface area contributed by atoms with Crippen LogP contribution in [0.2, 0.25) is 5.02 Å². The molecule has 0 bridgehead atoms. The third-order valence-electron chi connectivity index (χ3n) is 4.41. The third kappa shape index (κ3) is 4.25. The number of aliphatic hydroxyl groups excluding tert-OH is 1. The summed E-state index contributed by atoms with van der Waals surface area (Å²) in [4.78, 5) is 0. The lowest BCUT2D eigenvalue weighted by atomic mass is 9.86. The molecule has 4 heteroatoms. The van der Waals surface area contributed by atoms with Crippen molar-refractivity contribution in [1.29, 1.82) is 0 Å². The molecule has 0 saturated carbocycles. The first kappa shape index (κ1) is 17.2. The fraction of sp³-hybridized carbons (Fsp3) is 0.300. The highest BCUT2D eigenvalue weighted by atomic mass is 35.5.